The minimum absolute atomic E-state index is 0.235. The van der Waals surface area contributed by atoms with Gasteiger partial charge >= 0.3 is 0 Å². The van der Waals surface area contributed by atoms with Gasteiger partial charge < -0.3 is 15.4 Å². The fraction of sp³-hybridized carbons (Fsp3) is 0.120. The molecule has 3 aromatic rings. The van der Waals surface area contributed by atoms with Crippen molar-refractivity contribution in [1.29, 1.82) is 0 Å². The smallest absolute Gasteiger partial charge is 0.255 e. The van der Waals surface area contributed by atoms with Crippen LogP contribution in [0, 0.1) is 6.92 Å². The van der Waals surface area contributed by atoms with Crippen LogP contribution in [0.2, 0.25) is 0 Å². The second-order valence-corrected chi connectivity index (χ2v) is 6.73. The van der Waals surface area contributed by atoms with Gasteiger partial charge in [0.15, 0.2) is 0 Å². The van der Waals surface area contributed by atoms with Gasteiger partial charge in [-0.1, -0.05) is 30.3 Å². The van der Waals surface area contributed by atoms with Gasteiger partial charge in [-0.15, -0.1) is 0 Å². The van der Waals surface area contributed by atoms with E-state index in [1.54, 1.807) is 30.3 Å². The molecule has 0 radical (unpaired) electrons. The van der Waals surface area contributed by atoms with Gasteiger partial charge in [-0.05, 0) is 73.5 Å². The molecule has 30 heavy (non-hydrogen) atoms. The van der Waals surface area contributed by atoms with E-state index in [1.165, 1.54) is 6.08 Å². The van der Waals surface area contributed by atoms with Crippen LogP contribution in [0.3, 0.4) is 0 Å². The van der Waals surface area contributed by atoms with Crippen molar-refractivity contribution in [1.82, 2.24) is 0 Å². The maximum Gasteiger partial charge on any atom is 0.255 e. The minimum Gasteiger partial charge on any atom is -0.494 e. The van der Waals surface area contributed by atoms with Gasteiger partial charge in [0.05, 0.1) is 6.61 Å². The van der Waals surface area contributed by atoms with Gasteiger partial charge in [0.2, 0.25) is 5.91 Å². The van der Waals surface area contributed by atoms with E-state index in [0.717, 1.165) is 22.6 Å². The second kappa shape index (κ2) is 10.1. The van der Waals surface area contributed by atoms with Crippen molar-refractivity contribution in [3.8, 4) is 5.75 Å². The van der Waals surface area contributed by atoms with Crippen molar-refractivity contribution < 1.29 is 14.3 Å². The molecule has 0 heterocycles. The molecule has 0 bridgehead atoms. The zero-order valence-corrected chi connectivity index (χ0v) is 17.0. The number of ether oxygens (including phenoxy) is 1. The van der Waals surface area contributed by atoms with Gasteiger partial charge in [-0.2, -0.15) is 0 Å². The highest BCUT2D eigenvalue weighted by atomic mass is 16.5. The Hall–Kier alpha value is -3.86. The molecule has 0 saturated heterocycles. The van der Waals surface area contributed by atoms with Crippen LogP contribution in [-0.4, -0.2) is 18.4 Å². The summed E-state index contributed by atoms with van der Waals surface area (Å²) in [6.45, 7) is 4.51. The molecule has 0 aliphatic rings. The monoisotopic (exact) mass is 400 g/mol. The minimum atomic E-state index is -0.278. The fourth-order valence-corrected chi connectivity index (χ4v) is 2.86. The van der Waals surface area contributed by atoms with Crippen LogP contribution in [0.15, 0.2) is 78.9 Å². The molecule has 0 spiro atoms. The molecule has 5 nitrogen and oxygen atoms in total. The van der Waals surface area contributed by atoms with E-state index in [9.17, 15) is 9.59 Å². The fourth-order valence-electron chi connectivity index (χ4n) is 2.86. The quantitative estimate of drug-likeness (QED) is 0.529. The SMILES string of the molecule is CCOc1ccc(/C=C/C(=O)Nc2cccc(C(=O)Nc3cccc(C)c3)c2)cc1. The maximum absolute atomic E-state index is 12.5. The standard InChI is InChI=1S/C25H24N2O3/c1-3-30-23-13-10-19(11-14-23)12-15-24(28)26-22-9-5-7-20(17-22)25(29)27-21-8-4-6-18(2)16-21/h4-17H,3H2,1-2H3,(H,26,28)(H,27,29)/b15-12+. The Morgan fingerprint density at radius 3 is 2.30 bits per heavy atom. The third-order valence-electron chi connectivity index (χ3n) is 4.29. The van der Waals surface area contributed by atoms with E-state index >= 15 is 0 Å². The van der Waals surface area contributed by atoms with Crippen molar-refractivity contribution in [2.75, 3.05) is 17.2 Å². The van der Waals surface area contributed by atoms with E-state index < -0.39 is 0 Å². The van der Waals surface area contributed by atoms with Gasteiger partial charge in [0.25, 0.3) is 5.91 Å². The maximum atomic E-state index is 12.5. The normalized spacial score (nSPS) is 10.6. The largest absolute Gasteiger partial charge is 0.494 e. The van der Waals surface area contributed by atoms with Gasteiger partial charge in [-0.3, -0.25) is 9.59 Å². The number of hydrogen-bond acceptors (Lipinski definition) is 3. The Labute approximate surface area is 176 Å². The molecule has 0 unspecified atom stereocenters. The van der Waals surface area contributed by atoms with Crippen LogP contribution in [0.1, 0.15) is 28.4 Å². The first kappa shape index (κ1) is 20.9. The van der Waals surface area contributed by atoms with Crippen molar-refractivity contribution in [3.63, 3.8) is 0 Å². The molecule has 0 saturated carbocycles. The Kier molecular flexibility index (Phi) is 7.00. The first-order chi connectivity index (χ1) is 14.5. The number of carbonyl (C=O) groups is 2. The van der Waals surface area contributed by atoms with Crippen LogP contribution in [-0.2, 0) is 4.79 Å². The summed E-state index contributed by atoms with van der Waals surface area (Å²) in [5.41, 5.74) is 3.69. The van der Waals surface area contributed by atoms with Crippen LogP contribution < -0.4 is 15.4 Å². The average molecular weight is 400 g/mol. The summed E-state index contributed by atoms with van der Waals surface area (Å²) in [6, 6.07) is 21.9. The van der Waals surface area contributed by atoms with Gasteiger partial charge in [0, 0.05) is 23.0 Å². The summed E-state index contributed by atoms with van der Waals surface area (Å²) >= 11 is 0. The molecule has 0 fully saturated rings. The number of hydrogen-bond donors (Lipinski definition) is 2. The molecule has 0 aromatic heterocycles. The number of benzene rings is 3. The van der Waals surface area contributed by atoms with Crippen molar-refractivity contribution >= 4 is 29.3 Å². The lowest BCUT2D eigenvalue weighted by molar-refractivity contribution is -0.111. The number of aryl methyl sites for hydroxylation is 1. The van der Waals surface area contributed by atoms with Crippen LogP contribution in [0.5, 0.6) is 5.75 Å². The summed E-state index contributed by atoms with van der Waals surface area (Å²) in [5, 5.41) is 5.65. The lowest BCUT2D eigenvalue weighted by atomic mass is 10.1. The highest BCUT2D eigenvalue weighted by Crippen LogP contribution is 2.16. The van der Waals surface area contributed by atoms with Crippen molar-refractivity contribution in [3.05, 3.63) is 95.6 Å². The lowest BCUT2D eigenvalue weighted by Crippen LogP contribution is -2.13. The molecular formula is C25H24N2O3. The topological polar surface area (TPSA) is 67.4 Å². The number of anilines is 2. The van der Waals surface area contributed by atoms with E-state index in [2.05, 4.69) is 10.6 Å². The Morgan fingerprint density at radius 2 is 1.60 bits per heavy atom. The molecule has 2 amide bonds. The van der Waals surface area contributed by atoms with Crippen LogP contribution >= 0.6 is 0 Å². The highest BCUT2D eigenvalue weighted by Gasteiger charge is 2.08. The third kappa shape index (κ3) is 6.07. The van der Waals surface area contributed by atoms with E-state index in [1.807, 2.05) is 62.4 Å². The van der Waals surface area contributed by atoms with Crippen LogP contribution in [0.25, 0.3) is 6.08 Å². The zero-order valence-electron chi connectivity index (χ0n) is 17.0. The zero-order chi connectivity index (χ0) is 21.3. The lowest BCUT2D eigenvalue weighted by Gasteiger charge is -2.08. The van der Waals surface area contributed by atoms with Crippen LogP contribution in [0.4, 0.5) is 11.4 Å². The number of nitrogens with one attached hydrogen (secondary N) is 2. The third-order valence-corrected chi connectivity index (χ3v) is 4.29. The molecule has 2 N–H and O–H groups in total. The summed E-state index contributed by atoms with van der Waals surface area (Å²) in [6.07, 6.45) is 3.18. The van der Waals surface area contributed by atoms with E-state index in [-0.39, 0.29) is 11.8 Å². The van der Waals surface area contributed by atoms with Crippen molar-refractivity contribution in [2.24, 2.45) is 0 Å². The summed E-state index contributed by atoms with van der Waals surface area (Å²) in [5.74, 6) is 0.279. The predicted octanol–water partition coefficient (Wildman–Crippen LogP) is 5.30. The molecule has 3 aromatic carbocycles. The van der Waals surface area contributed by atoms with E-state index in [0.29, 0.717) is 17.9 Å². The Morgan fingerprint density at radius 1 is 0.900 bits per heavy atom. The summed E-state index contributed by atoms with van der Waals surface area (Å²) in [7, 11) is 0. The second-order valence-electron chi connectivity index (χ2n) is 6.73. The Bertz CT molecular complexity index is 1060. The Balaban J connectivity index is 1.61. The molecule has 0 aliphatic carbocycles. The molecule has 3 rings (SSSR count). The first-order valence-corrected chi connectivity index (χ1v) is 9.73. The molecule has 0 atom stereocenters. The predicted molar refractivity (Wildman–Crippen MR) is 121 cm³/mol. The first-order valence-electron chi connectivity index (χ1n) is 9.73. The average Bonchev–Trinajstić information content (AvgIpc) is 2.74. The molecule has 5 heteroatoms. The molecule has 0 aliphatic heterocycles. The molecule has 152 valence electrons. The summed E-state index contributed by atoms with van der Waals surface area (Å²) in [4.78, 5) is 24.7. The molecular weight excluding hydrogens is 376 g/mol. The summed E-state index contributed by atoms with van der Waals surface area (Å²) < 4.78 is 5.40. The number of carbonyl (C=O) groups excluding carboxylic acids is 2. The van der Waals surface area contributed by atoms with Crippen molar-refractivity contribution in [2.45, 2.75) is 13.8 Å². The van der Waals surface area contributed by atoms with Gasteiger partial charge in [0.1, 0.15) is 5.75 Å². The van der Waals surface area contributed by atoms with Gasteiger partial charge in [-0.25, -0.2) is 0 Å². The van der Waals surface area contributed by atoms with E-state index in [4.69, 9.17) is 4.74 Å². The number of amides is 2. The highest BCUT2D eigenvalue weighted by molar-refractivity contribution is 6.06. The number of rotatable bonds is 7.